The van der Waals surface area contributed by atoms with Crippen molar-refractivity contribution in [3.63, 3.8) is 0 Å². The van der Waals surface area contributed by atoms with Gasteiger partial charge in [0.25, 0.3) is 0 Å². The summed E-state index contributed by atoms with van der Waals surface area (Å²) in [5, 5.41) is 14.1. The van der Waals surface area contributed by atoms with Crippen molar-refractivity contribution < 1.29 is 19.4 Å². The number of amides is 1. The SMILES string of the molecule is COc1ccc2cc(C(C)C(=O)NC(CC3CC3)C(=O)O)ccc2c1. The van der Waals surface area contributed by atoms with Gasteiger partial charge in [0.1, 0.15) is 11.8 Å². The molecule has 0 spiro atoms. The van der Waals surface area contributed by atoms with Gasteiger partial charge in [-0.05, 0) is 47.7 Å². The second-order valence-corrected chi connectivity index (χ2v) is 6.77. The second kappa shape index (κ2) is 7.13. The first-order valence-corrected chi connectivity index (χ1v) is 8.59. The van der Waals surface area contributed by atoms with Crippen LogP contribution in [0.4, 0.5) is 0 Å². The van der Waals surface area contributed by atoms with E-state index in [1.807, 2.05) is 36.4 Å². The number of rotatable bonds is 7. The quantitative estimate of drug-likeness (QED) is 0.810. The monoisotopic (exact) mass is 341 g/mol. The first-order chi connectivity index (χ1) is 12.0. The highest BCUT2D eigenvalue weighted by Gasteiger charge is 2.31. The molecule has 5 heteroatoms. The number of benzene rings is 2. The lowest BCUT2D eigenvalue weighted by Gasteiger charge is -2.18. The van der Waals surface area contributed by atoms with Gasteiger partial charge >= 0.3 is 5.97 Å². The van der Waals surface area contributed by atoms with Crippen LogP contribution in [-0.2, 0) is 9.59 Å². The van der Waals surface area contributed by atoms with Crippen LogP contribution < -0.4 is 10.1 Å². The Bertz CT molecular complexity index is 797. The number of carbonyl (C=O) groups excluding carboxylic acids is 1. The largest absolute Gasteiger partial charge is 0.497 e. The molecule has 1 amide bonds. The highest BCUT2D eigenvalue weighted by Crippen LogP contribution is 2.33. The van der Waals surface area contributed by atoms with Crippen molar-refractivity contribution >= 4 is 22.6 Å². The fourth-order valence-corrected chi connectivity index (χ4v) is 3.00. The molecule has 1 aliphatic rings. The van der Waals surface area contributed by atoms with Crippen LogP contribution in [-0.4, -0.2) is 30.1 Å². The van der Waals surface area contributed by atoms with E-state index in [9.17, 15) is 14.7 Å². The summed E-state index contributed by atoms with van der Waals surface area (Å²) in [5.41, 5.74) is 0.866. The zero-order chi connectivity index (χ0) is 18.0. The van der Waals surface area contributed by atoms with Gasteiger partial charge in [-0.2, -0.15) is 0 Å². The van der Waals surface area contributed by atoms with Crippen molar-refractivity contribution in [2.75, 3.05) is 7.11 Å². The summed E-state index contributed by atoms with van der Waals surface area (Å²) in [6.45, 7) is 1.80. The fourth-order valence-electron chi connectivity index (χ4n) is 3.00. The number of hydrogen-bond acceptors (Lipinski definition) is 3. The lowest BCUT2D eigenvalue weighted by molar-refractivity contribution is -0.142. The summed E-state index contributed by atoms with van der Waals surface area (Å²) >= 11 is 0. The van der Waals surface area contributed by atoms with Gasteiger partial charge in [-0.25, -0.2) is 4.79 Å². The Labute approximate surface area is 147 Å². The number of hydrogen-bond donors (Lipinski definition) is 2. The number of carbonyl (C=O) groups is 2. The number of ether oxygens (including phenoxy) is 1. The van der Waals surface area contributed by atoms with E-state index < -0.39 is 17.9 Å². The first-order valence-electron chi connectivity index (χ1n) is 8.59. The van der Waals surface area contributed by atoms with Gasteiger partial charge in [0.05, 0.1) is 13.0 Å². The summed E-state index contributed by atoms with van der Waals surface area (Å²) in [6.07, 6.45) is 2.64. The number of carboxylic acids is 1. The minimum Gasteiger partial charge on any atom is -0.497 e. The number of aliphatic carboxylic acids is 1. The van der Waals surface area contributed by atoms with Crippen LogP contribution in [0, 0.1) is 5.92 Å². The topological polar surface area (TPSA) is 75.6 Å². The lowest BCUT2D eigenvalue weighted by Crippen LogP contribution is -2.42. The molecule has 132 valence electrons. The van der Waals surface area contributed by atoms with Gasteiger partial charge in [0, 0.05) is 0 Å². The molecule has 1 aliphatic carbocycles. The van der Waals surface area contributed by atoms with Crippen LogP contribution >= 0.6 is 0 Å². The fraction of sp³-hybridized carbons (Fsp3) is 0.400. The van der Waals surface area contributed by atoms with Crippen molar-refractivity contribution in [2.45, 2.75) is 38.1 Å². The van der Waals surface area contributed by atoms with E-state index in [1.54, 1.807) is 14.0 Å². The molecule has 0 aliphatic heterocycles. The average molecular weight is 341 g/mol. The van der Waals surface area contributed by atoms with Crippen molar-refractivity contribution in [1.29, 1.82) is 0 Å². The van der Waals surface area contributed by atoms with E-state index in [0.29, 0.717) is 12.3 Å². The molecule has 2 atom stereocenters. The standard InChI is InChI=1S/C20H23NO4/c1-12(19(22)21-18(20(23)24)9-13-3-4-13)14-5-6-16-11-17(25-2)8-7-15(16)10-14/h5-8,10-13,18H,3-4,9H2,1-2H3,(H,21,22)(H,23,24). The molecular formula is C20H23NO4. The molecular weight excluding hydrogens is 318 g/mol. The summed E-state index contributed by atoms with van der Waals surface area (Å²) in [4.78, 5) is 23.9. The Kier molecular flexibility index (Phi) is 4.93. The minimum atomic E-state index is -0.960. The lowest BCUT2D eigenvalue weighted by atomic mass is 9.96. The maximum atomic E-state index is 12.5. The molecule has 5 nitrogen and oxygen atoms in total. The molecule has 0 radical (unpaired) electrons. The van der Waals surface area contributed by atoms with E-state index in [4.69, 9.17) is 4.74 Å². The van der Waals surface area contributed by atoms with Gasteiger partial charge in [0.2, 0.25) is 5.91 Å². The Morgan fingerprint density at radius 1 is 1.20 bits per heavy atom. The summed E-state index contributed by atoms with van der Waals surface area (Å²) < 4.78 is 5.22. The predicted octanol–water partition coefficient (Wildman–Crippen LogP) is 3.32. The maximum absolute atomic E-state index is 12.5. The van der Waals surface area contributed by atoms with Crippen LogP contribution in [0.25, 0.3) is 10.8 Å². The molecule has 2 aromatic carbocycles. The van der Waals surface area contributed by atoms with E-state index in [0.717, 1.165) is 34.9 Å². The predicted molar refractivity (Wildman–Crippen MR) is 95.8 cm³/mol. The van der Waals surface area contributed by atoms with Gasteiger partial charge < -0.3 is 15.2 Å². The van der Waals surface area contributed by atoms with Crippen molar-refractivity contribution in [3.8, 4) is 5.75 Å². The van der Waals surface area contributed by atoms with E-state index >= 15 is 0 Å². The molecule has 25 heavy (non-hydrogen) atoms. The Morgan fingerprint density at radius 2 is 1.88 bits per heavy atom. The van der Waals surface area contributed by atoms with Crippen LogP contribution in [0.5, 0.6) is 5.75 Å². The molecule has 1 saturated carbocycles. The van der Waals surface area contributed by atoms with Crippen molar-refractivity contribution in [2.24, 2.45) is 5.92 Å². The number of nitrogens with one attached hydrogen (secondary N) is 1. The molecule has 1 fully saturated rings. The second-order valence-electron chi connectivity index (χ2n) is 6.77. The number of fused-ring (bicyclic) bond motifs is 1. The molecule has 0 aromatic heterocycles. The normalized spacial score (nSPS) is 16.2. The smallest absolute Gasteiger partial charge is 0.326 e. The van der Waals surface area contributed by atoms with Crippen LogP contribution in [0.3, 0.4) is 0 Å². The summed E-state index contributed by atoms with van der Waals surface area (Å²) in [5.74, 6) is -0.394. The van der Waals surface area contributed by atoms with Crippen molar-refractivity contribution in [1.82, 2.24) is 5.32 Å². The van der Waals surface area contributed by atoms with Crippen molar-refractivity contribution in [3.05, 3.63) is 42.0 Å². The zero-order valence-corrected chi connectivity index (χ0v) is 14.5. The summed E-state index contributed by atoms with van der Waals surface area (Å²) in [7, 11) is 1.63. The number of carboxylic acid groups (broad SMARTS) is 1. The van der Waals surface area contributed by atoms with Crippen LogP contribution in [0.2, 0.25) is 0 Å². The maximum Gasteiger partial charge on any atom is 0.326 e. The zero-order valence-electron chi connectivity index (χ0n) is 14.5. The average Bonchev–Trinajstić information content (AvgIpc) is 3.43. The Hall–Kier alpha value is -2.56. The molecule has 2 N–H and O–H groups in total. The molecule has 3 rings (SSSR count). The van der Waals surface area contributed by atoms with E-state index in [-0.39, 0.29) is 5.91 Å². The third-order valence-electron chi connectivity index (χ3n) is 4.85. The number of methoxy groups -OCH3 is 1. The van der Waals surface area contributed by atoms with Gasteiger partial charge in [-0.3, -0.25) is 4.79 Å². The van der Waals surface area contributed by atoms with E-state index in [2.05, 4.69) is 5.32 Å². The molecule has 2 unspecified atom stereocenters. The summed E-state index contributed by atoms with van der Waals surface area (Å²) in [6, 6.07) is 10.8. The Balaban J connectivity index is 1.74. The third kappa shape index (κ3) is 4.10. The van der Waals surface area contributed by atoms with Gasteiger partial charge in [-0.1, -0.05) is 37.1 Å². The highest BCUT2D eigenvalue weighted by molar-refractivity contribution is 5.90. The van der Waals surface area contributed by atoms with Gasteiger partial charge in [-0.15, -0.1) is 0 Å². The Morgan fingerprint density at radius 3 is 2.52 bits per heavy atom. The molecule has 0 bridgehead atoms. The van der Waals surface area contributed by atoms with Gasteiger partial charge in [0.15, 0.2) is 0 Å². The highest BCUT2D eigenvalue weighted by atomic mass is 16.5. The van der Waals surface area contributed by atoms with E-state index in [1.165, 1.54) is 0 Å². The molecule has 2 aromatic rings. The molecule has 0 saturated heterocycles. The minimum absolute atomic E-state index is 0.249. The van der Waals surface area contributed by atoms with Crippen LogP contribution in [0.15, 0.2) is 36.4 Å². The third-order valence-corrected chi connectivity index (χ3v) is 4.85. The first kappa shape index (κ1) is 17.3. The molecule has 0 heterocycles. The van der Waals surface area contributed by atoms with Crippen LogP contribution in [0.1, 0.15) is 37.7 Å².